The van der Waals surface area contributed by atoms with E-state index in [4.69, 9.17) is 0 Å². The van der Waals surface area contributed by atoms with Gasteiger partial charge in [-0.1, -0.05) is 0 Å². The van der Waals surface area contributed by atoms with Crippen molar-refractivity contribution < 1.29 is 4.79 Å². The molecule has 0 spiro atoms. The molecule has 2 rings (SSSR count). The number of hydrogen-bond acceptors (Lipinski definition) is 2. The molecule has 0 radical (unpaired) electrons. The summed E-state index contributed by atoms with van der Waals surface area (Å²) in [6.45, 7) is 0. The fraction of sp³-hybridized carbons (Fsp3) is 0.429. The van der Waals surface area contributed by atoms with Crippen molar-refractivity contribution in [2.75, 3.05) is 5.32 Å². The second-order valence-electron chi connectivity index (χ2n) is 2.86. The quantitative estimate of drug-likeness (QED) is 0.605. The number of H-pyrrole nitrogens is 1. The van der Waals surface area contributed by atoms with Gasteiger partial charge in [0.15, 0.2) is 0 Å². The van der Waals surface area contributed by atoms with Crippen molar-refractivity contribution in [1.82, 2.24) is 15.5 Å². The van der Waals surface area contributed by atoms with Crippen LogP contribution >= 0.6 is 0 Å². The molecule has 0 aliphatic heterocycles. The molecule has 1 fully saturated rings. The Morgan fingerprint density at radius 2 is 2.50 bits per heavy atom. The molecule has 1 aliphatic rings. The summed E-state index contributed by atoms with van der Waals surface area (Å²) in [5.41, 5.74) is 0.688. The summed E-state index contributed by atoms with van der Waals surface area (Å²) in [4.78, 5) is 11.1. The van der Waals surface area contributed by atoms with Gasteiger partial charge in [0.05, 0.1) is 11.9 Å². The molecule has 3 N–H and O–H groups in total. The number of anilines is 1. The molecule has 0 atom stereocenters. The number of nitrogens with zero attached hydrogens (tertiary/aromatic N) is 1. The molecule has 0 bridgehead atoms. The Bertz CT molecular complexity index is 265. The third kappa shape index (κ3) is 1.75. The van der Waals surface area contributed by atoms with Crippen LogP contribution in [0.5, 0.6) is 0 Å². The molecule has 1 aliphatic carbocycles. The zero-order valence-electron chi connectivity index (χ0n) is 6.50. The largest absolute Gasteiger partial charge is 0.335 e. The van der Waals surface area contributed by atoms with Gasteiger partial charge >= 0.3 is 6.03 Å². The van der Waals surface area contributed by atoms with E-state index in [1.165, 1.54) is 0 Å². The van der Waals surface area contributed by atoms with Gasteiger partial charge < -0.3 is 10.6 Å². The maximum atomic E-state index is 11.1. The fourth-order valence-electron chi connectivity index (χ4n) is 0.899. The zero-order chi connectivity index (χ0) is 8.39. The Kier molecular flexibility index (Phi) is 1.69. The van der Waals surface area contributed by atoms with E-state index in [0.29, 0.717) is 11.7 Å². The summed E-state index contributed by atoms with van der Waals surface area (Å²) in [6.07, 6.45) is 5.39. The van der Waals surface area contributed by atoms with Crippen LogP contribution in [0.3, 0.4) is 0 Å². The highest BCUT2D eigenvalue weighted by Gasteiger charge is 2.23. The first-order valence-electron chi connectivity index (χ1n) is 3.91. The molecule has 0 unspecified atom stereocenters. The lowest BCUT2D eigenvalue weighted by Crippen LogP contribution is -2.30. The van der Waals surface area contributed by atoms with Crippen LogP contribution in [0, 0.1) is 0 Å². The third-order valence-corrected chi connectivity index (χ3v) is 1.67. The summed E-state index contributed by atoms with van der Waals surface area (Å²) in [5, 5.41) is 11.8. The predicted molar refractivity (Wildman–Crippen MR) is 43.8 cm³/mol. The van der Waals surface area contributed by atoms with Crippen molar-refractivity contribution in [3.63, 3.8) is 0 Å². The second-order valence-corrected chi connectivity index (χ2v) is 2.86. The minimum Gasteiger partial charge on any atom is -0.335 e. The van der Waals surface area contributed by atoms with E-state index in [9.17, 15) is 4.79 Å². The molecular formula is C7H10N4O. The van der Waals surface area contributed by atoms with Gasteiger partial charge in [-0.05, 0) is 12.8 Å². The molecule has 0 aromatic carbocycles. The normalized spacial score (nSPS) is 15.7. The van der Waals surface area contributed by atoms with Crippen LogP contribution < -0.4 is 10.6 Å². The Labute approximate surface area is 69.5 Å². The summed E-state index contributed by atoms with van der Waals surface area (Å²) < 4.78 is 0. The zero-order valence-corrected chi connectivity index (χ0v) is 6.50. The number of urea groups is 1. The van der Waals surface area contributed by atoms with Crippen molar-refractivity contribution in [1.29, 1.82) is 0 Å². The highest BCUT2D eigenvalue weighted by Crippen LogP contribution is 2.18. The average Bonchev–Trinajstić information content (AvgIpc) is 2.66. The average molecular weight is 166 g/mol. The number of amides is 2. The Balaban J connectivity index is 1.82. The monoisotopic (exact) mass is 166 g/mol. The maximum absolute atomic E-state index is 11.1. The van der Waals surface area contributed by atoms with E-state index >= 15 is 0 Å². The molecule has 5 nitrogen and oxygen atoms in total. The number of carbonyl (C=O) groups is 1. The molecule has 2 amide bonds. The maximum Gasteiger partial charge on any atom is 0.319 e. The van der Waals surface area contributed by atoms with E-state index in [-0.39, 0.29) is 6.03 Å². The van der Waals surface area contributed by atoms with Gasteiger partial charge in [-0.15, -0.1) is 0 Å². The van der Waals surface area contributed by atoms with Crippen LogP contribution in [0.4, 0.5) is 10.5 Å². The molecule has 64 valence electrons. The summed E-state index contributed by atoms with van der Waals surface area (Å²) in [5.74, 6) is 0. The molecule has 0 saturated heterocycles. The number of nitrogens with one attached hydrogen (secondary N) is 3. The van der Waals surface area contributed by atoms with E-state index in [2.05, 4.69) is 20.8 Å². The van der Waals surface area contributed by atoms with Gasteiger partial charge in [0.25, 0.3) is 0 Å². The van der Waals surface area contributed by atoms with Gasteiger partial charge in [0.2, 0.25) is 0 Å². The van der Waals surface area contributed by atoms with Crippen molar-refractivity contribution in [2.24, 2.45) is 0 Å². The van der Waals surface area contributed by atoms with Gasteiger partial charge in [-0.3, -0.25) is 5.10 Å². The molecule has 1 heterocycles. The molecule has 1 saturated carbocycles. The van der Waals surface area contributed by atoms with Crippen LogP contribution in [0.25, 0.3) is 0 Å². The van der Waals surface area contributed by atoms with E-state index in [1.54, 1.807) is 12.4 Å². The molecule has 12 heavy (non-hydrogen) atoms. The minimum absolute atomic E-state index is 0.154. The SMILES string of the molecule is O=C(Nc1cn[nH]c1)NC1CC1. The summed E-state index contributed by atoms with van der Waals surface area (Å²) in [6, 6.07) is 0.232. The number of aromatic amines is 1. The molecule has 1 aromatic rings. The lowest BCUT2D eigenvalue weighted by molar-refractivity contribution is 0.251. The lowest BCUT2D eigenvalue weighted by atomic mass is 10.6. The smallest absolute Gasteiger partial charge is 0.319 e. The third-order valence-electron chi connectivity index (χ3n) is 1.67. The van der Waals surface area contributed by atoms with Crippen molar-refractivity contribution in [2.45, 2.75) is 18.9 Å². The van der Waals surface area contributed by atoms with E-state index < -0.39 is 0 Å². The number of hydrogen-bond donors (Lipinski definition) is 3. The van der Waals surface area contributed by atoms with Crippen LogP contribution in [0.2, 0.25) is 0 Å². The topological polar surface area (TPSA) is 69.8 Å². The number of aromatic nitrogens is 2. The minimum atomic E-state index is -0.154. The summed E-state index contributed by atoms with van der Waals surface area (Å²) in [7, 11) is 0. The highest BCUT2D eigenvalue weighted by atomic mass is 16.2. The standard InChI is InChI=1S/C7H10N4O/c12-7(10-5-1-2-5)11-6-3-8-9-4-6/h3-5H,1-2H2,(H,8,9)(H2,10,11,12). The highest BCUT2D eigenvalue weighted by molar-refractivity contribution is 5.89. The first kappa shape index (κ1) is 7.15. The first-order chi connectivity index (χ1) is 5.84. The van der Waals surface area contributed by atoms with Crippen molar-refractivity contribution in [3.05, 3.63) is 12.4 Å². The summed E-state index contributed by atoms with van der Waals surface area (Å²) >= 11 is 0. The molecular weight excluding hydrogens is 156 g/mol. The number of rotatable bonds is 2. The van der Waals surface area contributed by atoms with Gasteiger partial charge in [0, 0.05) is 12.2 Å². The van der Waals surface area contributed by atoms with Crippen LogP contribution in [0.1, 0.15) is 12.8 Å². The molecule has 1 aromatic heterocycles. The van der Waals surface area contributed by atoms with Crippen LogP contribution in [-0.4, -0.2) is 22.3 Å². The second kappa shape index (κ2) is 2.84. The molecule has 5 heteroatoms. The van der Waals surface area contributed by atoms with E-state index in [0.717, 1.165) is 12.8 Å². The van der Waals surface area contributed by atoms with Gasteiger partial charge in [-0.2, -0.15) is 5.10 Å². The van der Waals surface area contributed by atoms with Crippen molar-refractivity contribution in [3.8, 4) is 0 Å². The van der Waals surface area contributed by atoms with Crippen LogP contribution in [-0.2, 0) is 0 Å². The Morgan fingerprint density at radius 3 is 3.08 bits per heavy atom. The predicted octanol–water partition coefficient (Wildman–Crippen LogP) is 0.694. The van der Waals surface area contributed by atoms with Crippen molar-refractivity contribution >= 4 is 11.7 Å². The number of carbonyl (C=O) groups excluding carboxylic acids is 1. The van der Waals surface area contributed by atoms with Crippen LogP contribution in [0.15, 0.2) is 12.4 Å². The van der Waals surface area contributed by atoms with Gasteiger partial charge in [0.1, 0.15) is 0 Å². The first-order valence-corrected chi connectivity index (χ1v) is 3.91. The Morgan fingerprint density at radius 1 is 1.67 bits per heavy atom. The van der Waals surface area contributed by atoms with E-state index in [1.807, 2.05) is 0 Å². The Hall–Kier alpha value is -1.52. The lowest BCUT2D eigenvalue weighted by Gasteiger charge is -2.02. The van der Waals surface area contributed by atoms with Gasteiger partial charge in [-0.25, -0.2) is 4.79 Å². The fourth-order valence-corrected chi connectivity index (χ4v) is 0.899.